The van der Waals surface area contributed by atoms with E-state index in [1.165, 1.54) is 21.6 Å². The molecule has 680 valence electrons. The zero-order valence-corrected chi connectivity index (χ0v) is 76.7. The highest BCUT2D eigenvalue weighted by atomic mass is 32.2. The van der Waals surface area contributed by atoms with Crippen LogP contribution in [-0.4, -0.2) is 220 Å². The van der Waals surface area contributed by atoms with Gasteiger partial charge in [0.25, 0.3) is 0 Å². The van der Waals surface area contributed by atoms with E-state index in [-0.39, 0.29) is 56.4 Å². The maximum Gasteiger partial charge on any atom is 0.407 e. The molecule has 28 nitrogen and oxygen atoms in total. The van der Waals surface area contributed by atoms with Gasteiger partial charge in [0.1, 0.15) is 73.6 Å². The number of thioether (sulfide) groups is 1. The van der Waals surface area contributed by atoms with Crippen LogP contribution >= 0.6 is 24.4 Å². The lowest BCUT2D eigenvalue weighted by molar-refractivity contribution is -0.149. The van der Waals surface area contributed by atoms with E-state index >= 15 is 28.8 Å². The van der Waals surface area contributed by atoms with Crippen molar-refractivity contribution in [3.05, 3.63) is 203 Å². The molecule has 2 heterocycles. The summed E-state index contributed by atoms with van der Waals surface area (Å²) in [5.74, 6) is -10.7. The monoisotopic (exact) mass is 1770 g/mol. The van der Waals surface area contributed by atoms with Crippen LogP contribution in [0.2, 0.25) is 0 Å². The van der Waals surface area contributed by atoms with E-state index in [0.29, 0.717) is 31.2 Å². The number of aliphatic carboxylic acids is 1. The van der Waals surface area contributed by atoms with Gasteiger partial charge in [-0.2, -0.15) is 12.6 Å². The summed E-state index contributed by atoms with van der Waals surface area (Å²) in [4.78, 5) is 179. The molecule has 0 saturated carbocycles. The minimum Gasteiger partial charge on any atom is -0.480 e. The highest BCUT2D eigenvalue weighted by molar-refractivity contribution is 8.00. The highest BCUT2D eigenvalue weighted by Crippen LogP contribution is 2.49. The van der Waals surface area contributed by atoms with E-state index in [2.05, 4.69) is 60.5 Å². The summed E-state index contributed by atoms with van der Waals surface area (Å²) >= 11 is 5.40. The van der Waals surface area contributed by atoms with Gasteiger partial charge in [-0.1, -0.05) is 210 Å². The first-order valence-electron chi connectivity index (χ1n) is 43.6. The van der Waals surface area contributed by atoms with E-state index < -0.39 is 190 Å². The Balaban J connectivity index is 1.00. The molecule has 2 saturated heterocycles. The Hall–Kier alpha value is -10.7. The molecule has 126 heavy (non-hydrogen) atoms. The number of carbonyl (C=O) groups is 12. The van der Waals surface area contributed by atoms with Crippen LogP contribution in [0.1, 0.15) is 182 Å². The second kappa shape index (κ2) is 45.2. The molecule has 1 aliphatic carbocycles. The topological polar surface area (TPSA) is 377 Å². The first-order chi connectivity index (χ1) is 59.8. The maximum absolute atomic E-state index is 16.2. The van der Waals surface area contributed by atoms with Gasteiger partial charge in [0.15, 0.2) is 0 Å². The van der Waals surface area contributed by atoms with E-state index in [1.54, 1.807) is 120 Å². The third kappa shape index (κ3) is 26.7. The summed E-state index contributed by atoms with van der Waals surface area (Å²) < 4.78 is 23.9. The number of alkyl carbamates (subject to hydrolysis) is 1. The van der Waals surface area contributed by atoms with Crippen molar-refractivity contribution in [2.24, 2.45) is 11.8 Å². The van der Waals surface area contributed by atoms with Gasteiger partial charge in [-0.3, -0.25) is 47.9 Å². The van der Waals surface area contributed by atoms with Gasteiger partial charge in [-0.25, -0.2) is 9.59 Å². The van der Waals surface area contributed by atoms with Gasteiger partial charge < -0.3 is 81.7 Å². The normalized spacial score (nSPS) is 17.5. The molecule has 30 heteroatoms. The molecule has 14 atom stereocenters. The average Bonchev–Trinajstić information content (AvgIpc) is 0.909. The predicted octanol–water partition coefficient (Wildman–Crippen LogP) is 9.68. The number of fused-ring (bicyclic) bond motifs is 3. The first-order valence-corrected chi connectivity index (χ1v) is 45.2. The Morgan fingerprint density at radius 3 is 1.40 bits per heavy atom. The molecule has 0 spiro atoms. The Bertz CT molecular complexity index is 4580. The number of carboxylic acid groups (broad SMARTS) is 1. The molecular formula is C96H127N11O17S2. The third-order valence-electron chi connectivity index (χ3n) is 22.8. The van der Waals surface area contributed by atoms with Crippen molar-refractivity contribution in [3.63, 3.8) is 0 Å². The van der Waals surface area contributed by atoms with E-state index in [9.17, 15) is 33.9 Å². The van der Waals surface area contributed by atoms with Crippen molar-refractivity contribution < 1.29 is 81.6 Å². The number of benzene rings is 6. The smallest absolute Gasteiger partial charge is 0.407 e. The summed E-state index contributed by atoms with van der Waals surface area (Å²) in [5, 5.41) is 34.9. The lowest BCUT2D eigenvalue weighted by atomic mass is 9.84. The second-order valence-corrected chi connectivity index (χ2v) is 37.3. The van der Waals surface area contributed by atoms with Crippen LogP contribution in [0, 0.1) is 11.8 Å². The van der Waals surface area contributed by atoms with E-state index in [4.69, 9.17) is 18.9 Å². The SMILES string of the molecule is CC[C@H](C)[C@H](NC(=O)[C@@H]1CCCN1C(=O)[C@@H]1CCCN1C(=O)[C@@H](NC(=O)[C@H](COC(C)(C)C)NC(=O)[C@H](Cc1ccccc1)NC(=O)[C@@H](NC(=O)[C@H](CSC(c1ccccc1)(c1ccccc1)c1ccccc1)NC(=O)[C@@H](NC(=O)CNC(=O)OCC1c2ccccc2-c2ccccc21)[C@@H](C)OC(C)(C)C)[C@@H](C)OC(C)(C)C)[C@@H](C)CC)C(=O)N[C@@H](CS)C(=O)O. The third-order valence-corrected chi connectivity index (χ3v) is 24.8. The minimum absolute atomic E-state index is 0.0342. The van der Waals surface area contributed by atoms with Crippen LogP contribution < -0.4 is 47.9 Å². The molecule has 10 N–H and O–H groups in total. The van der Waals surface area contributed by atoms with Gasteiger partial charge in [-0.15, -0.1) is 11.8 Å². The zero-order chi connectivity index (χ0) is 92.0. The van der Waals surface area contributed by atoms with Gasteiger partial charge in [0.2, 0.25) is 59.1 Å². The fourth-order valence-electron chi connectivity index (χ4n) is 16.1. The number of hydrogen-bond donors (Lipinski definition) is 11. The number of thiol groups is 1. The number of carboxylic acids is 1. The molecule has 2 aliphatic heterocycles. The van der Waals surface area contributed by atoms with Crippen LogP contribution in [0.5, 0.6) is 0 Å². The van der Waals surface area contributed by atoms with E-state index in [0.717, 1.165) is 38.9 Å². The molecule has 2 fully saturated rings. The van der Waals surface area contributed by atoms with Crippen LogP contribution in [0.4, 0.5) is 4.79 Å². The van der Waals surface area contributed by atoms with Crippen molar-refractivity contribution in [3.8, 4) is 11.1 Å². The fraction of sp³-hybridized carbons (Fsp3) is 0.500. The number of nitrogens with one attached hydrogen (secondary N) is 9. The molecule has 0 bridgehead atoms. The fourth-order valence-corrected chi connectivity index (χ4v) is 18.0. The van der Waals surface area contributed by atoms with Gasteiger partial charge in [0.05, 0.1) is 40.4 Å². The first kappa shape index (κ1) is 99.1. The molecular weight excluding hydrogens is 1640 g/mol. The average molecular weight is 1770 g/mol. The molecule has 3 aliphatic rings. The quantitative estimate of drug-likeness (QED) is 0.0126. The van der Waals surface area contributed by atoms with Crippen LogP contribution in [0.25, 0.3) is 11.1 Å². The molecule has 9 rings (SSSR count). The van der Waals surface area contributed by atoms with Crippen LogP contribution in [-0.2, 0) is 82.9 Å². The summed E-state index contributed by atoms with van der Waals surface area (Å²) in [6.07, 6.45) is -1.26. The van der Waals surface area contributed by atoms with Crippen molar-refractivity contribution in [1.82, 2.24) is 57.7 Å². The minimum atomic E-state index is -1.67. The number of ether oxygens (including phenoxy) is 4. The number of nitrogens with zero attached hydrogens (tertiary/aromatic N) is 2. The number of likely N-dealkylation sites (tertiary alicyclic amines) is 2. The largest absolute Gasteiger partial charge is 0.480 e. The summed E-state index contributed by atoms with van der Waals surface area (Å²) in [6.45, 7) is 25.3. The van der Waals surface area contributed by atoms with Gasteiger partial charge in [0, 0.05) is 36.9 Å². The molecule has 6 aromatic rings. The van der Waals surface area contributed by atoms with Gasteiger partial charge in [-0.05, 0) is 158 Å². The summed E-state index contributed by atoms with van der Waals surface area (Å²) in [5.41, 5.74) is 4.25. The maximum atomic E-state index is 16.2. The number of rotatable bonds is 41. The summed E-state index contributed by atoms with van der Waals surface area (Å²) in [6, 6.07) is 39.7. The number of carbonyl (C=O) groups excluding carboxylic acids is 11. The predicted molar refractivity (Wildman–Crippen MR) is 487 cm³/mol. The van der Waals surface area contributed by atoms with Crippen molar-refractivity contribution in [2.45, 2.75) is 249 Å². The Morgan fingerprint density at radius 2 is 0.905 bits per heavy atom. The van der Waals surface area contributed by atoms with Gasteiger partial charge >= 0.3 is 12.1 Å². The molecule has 11 amide bonds. The standard InChI is InChI=1S/C96H127N11O17S2/c1-16-58(3)78(86(113)100-73(56-125)91(118)119)103-85(112)75-48-34-50-106(75)89(116)76-49-35-51-107(76)90(117)79(59(4)17-2)104-83(110)72(55-122-93(7,8)9)99-82(109)71(52-62-36-22-18-23-37-62)98-88(115)81(61(6)124-95(13,14)15)105-84(111)74(57-126-96(63-38-24-19-25-39-63,64-40-26-20-27-41-64)65-42-28-21-29-43-65)101-87(114)80(60(5)123-94(10,11)12)102-77(108)53-97-92(120)121-54-70-68-46-32-30-44-66(68)67-45-31-33-47-69(67)70/h18-33,36-47,58-61,70-76,78-81,125H,16-17,34-35,48-57H2,1-15H3,(H,97,120)(H,98,115)(H,99,109)(H,100,113)(H,101,114)(H,102,108)(H,103,112)(H,104,110)(H,105,111)(H,118,119)/t58-,59-,60+,61+,71-,72-,73-,74-,75-,76-,78-,79-,80-,81-/m0/s1. The van der Waals surface area contributed by atoms with Crippen molar-refractivity contribution in [1.29, 1.82) is 0 Å². The molecule has 0 radical (unpaired) electrons. The lowest BCUT2D eigenvalue weighted by Crippen LogP contribution is -2.64. The number of hydrogen-bond acceptors (Lipinski definition) is 18. The Morgan fingerprint density at radius 1 is 0.476 bits per heavy atom. The molecule has 6 aromatic carbocycles. The van der Waals surface area contributed by atoms with Crippen LogP contribution in [0.15, 0.2) is 170 Å². The lowest BCUT2D eigenvalue weighted by Gasteiger charge is -2.37. The van der Waals surface area contributed by atoms with Crippen molar-refractivity contribution in [2.75, 3.05) is 44.4 Å². The van der Waals surface area contributed by atoms with Crippen molar-refractivity contribution >= 4 is 95.5 Å². The molecule has 0 aromatic heterocycles. The molecule has 0 unspecified atom stereocenters. The Labute approximate surface area is 750 Å². The number of amides is 11. The van der Waals surface area contributed by atoms with E-state index in [1.807, 2.05) is 153 Å². The zero-order valence-electron chi connectivity index (χ0n) is 75.0. The Kier molecular flexibility index (Phi) is 35.5. The van der Waals surface area contributed by atoms with Crippen LogP contribution in [0.3, 0.4) is 0 Å². The second-order valence-electron chi connectivity index (χ2n) is 35.7. The highest BCUT2D eigenvalue weighted by Gasteiger charge is 2.48. The summed E-state index contributed by atoms with van der Waals surface area (Å²) in [7, 11) is 0.